The minimum Gasteiger partial charge on any atom is -0.207 e. The molecule has 0 aromatic heterocycles. The smallest absolute Gasteiger partial charge is 0.126 e. The molecule has 72 valence electrons. The van der Waals surface area contributed by atoms with Gasteiger partial charge in [0.2, 0.25) is 0 Å². The third-order valence-corrected chi connectivity index (χ3v) is 2.62. The Balaban J connectivity index is 3.03. The minimum atomic E-state index is -0.141. The average molecular weight is 201 g/mol. The zero-order valence-electron chi connectivity index (χ0n) is 7.98. The normalized spacial score (nSPS) is 10.8. The highest BCUT2D eigenvalue weighted by Crippen LogP contribution is 2.27. The summed E-state index contributed by atoms with van der Waals surface area (Å²) in [6.07, 6.45) is 1.90. The molecule has 13 heavy (non-hydrogen) atoms. The summed E-state index contributed by atoms with van der Waals surface area (Å²) >= 11 is 5.81. The second-order valence-electron chi connectivity index (χ2n) is 3.18. The van der Waals surface area contributed by atoms with Crippen molar-refractivity contribution in [2.45, 2.75) is 32.6 Å². The first-order chi connectivity index (χ1) is 6.19. The first kappa shape index (κ1) is 10.5. The molecule has 0 amide bonds. The van der Waals surface area contributed by atoms with Gasteiger partial charge < -0.3 is 0 Å². The van der Waals surface area contributed by atoms with Crippen LogP contribution in [0.5, 0.6) is 0 Å². The molecular weight excluding hydrogens is 187 g/mol. The fraction of sp³-hybridized carbons (Fsp3) is 0.455. The Hall–Kier alpha value is -0.560. The molecular formula is C11H14ClF. The maximum absolute atomic E-state index is 13.3. The maximum atomic E-state index is 13.3. The third-order valence-electron chi connectivity index (χ3n) is 2.38. The lowest BCUT2D eigenvalue weighted by Crippen LogP contribution is -1.98. The van der Waals surface area contributed by atoms with Gasteiger partial charge in [-0.15, -0.1) is 0 Å². The SMILES string of the molecule is CCC(CC)c1cc(Cl)ccc1F. The van der Waals surface area contributed by atoms with Crippen molar-refractivity contribution in [3.8, 4) is 0 Å². The number of hydrogen-bond acceptors (Lipinski definition) is 0. The Morgan fingerprint density at radius 1 is 1.31 bits per heavy atom. The lowest BCUT2D eigenvalue weighted by atomic mass is 9.94. The average Bonchev–Trinajstić information content (AvgIpc) is 2.13. The number of hydrogen-bond donors (Lipinski definition) is 0. The predicted octanol–water partition coefficient (Wildman–Crippen LogP) is 4.38. The monoisotopic (exact) mass is 200 g/mol. The summed E-state index contributed by atoms with van der Waals surface area (Å²) in [6, 6.07) is 4.76. The second kappa shape index (κ2) is 4.61. The molecule has 0 aliphatic carbocycles. The van der Waals surface area contributed by atoms with Crippen LogP contribution in [-0.2, 0) is 0 Å². The predicted molar refractivity (Wildman–Crippen MR) is 54.7 cm³/mol. The van der Waals surface area contributed by atoms with E-state index in [1.54, 1.807) is 12.1 Å². The van der Waals surface area contributed by atoms with E-state index in [0.717, 1.165) is 18.4 Å². The van der Waals surface area contributed by atoms with Gasteiger partial charge >= 0.3 is 0 Å². The quantitative estimate of drug-likeness (QED) is 0.679. The van der Waals surface area contributed by atoms with Crippen molar-refractivity contribution in [3.63, 3.8) is 0 Å². The van der Waals surface area contributed by atoms with E-state index >= 15 is 0 Å². The van der Waals surface area contributed by atoms with Crippen molar-refractivity contribution in [2.75, 3.05) is 0 Å². The zero-order chi connectivity index (χ0) is 9.84. The summed E-state index contributed by atoms with van der Waals surface area (Å²) in [5.74, 6) is 0.150. The molecule has 0 spiro atoms. The number of benzene rings is 1. The third kappa shape index (κ3) is 2.44. The van der Waals surface area contributed by atoms with Crippen LogP contribution < -0.4 is 0 Å². The molecule has 0 heterocycles. The van der Waals surface area contributed by atoms with Crippen molar-refractivity contribution < 1.29 is 4.39 Å². The topological polar surface area (TPSA) is 0 Å². The van der Waals surface area contributed by atoms with Crippen LogP contribution in [0.1, 0.15) is 38.2 Å². The molecule has 0 N–H and O–H groups in total. The van der Waals surface area contributed by atoms with Crippen molar-refractivity contribution in [2.24, 2.45) is 0 Å². The first-order valence-corrected chi connectivity index (χ1v) is 5.01. The lowest BCUT2D eigenvalue weighted by Gasteiger charge is -2.13. The molecule has 0 fully saturated rings. The molecule has 0 saturated heterocycles. The van der Waals surface area contributed by atoms with Gasteiger partial charge in [0.1, 0.15) is 5.82 Å². The summed E-state index contributed by atoms with van der Waals surface area (Å²) in [4.78, 5) is 0. The molecule has 0 aliphatic heterocycles. The second-order valence-corrected chi connectivity index (χ2v) is 3.62. The Bertz CT molecular complexity index is 279. The van der Waals surface area contributed by atoms with E-state index in [0.29, 0.717) is 10.9 Å². The van der Waals surface area contributed by atoms with Gasteiger partial charge in [0, 0.05) is 5.02 Å². The minimum absolute atomic E-state index is 0.141. The van der Waals surface area contributed by atoms with Gasteiger partial charge in [-0.05, 0) is 42.5 Å². The van der Waals surface area contributed by atoms with E-state index in [9.17, 15) is 4.39 Å². The van der Waals surface area contributed by atoms with Gasteiger partial charge in [-0.3, -0.25) is 0 Å². The molecule has 0 unspecified atom stereocenters. The van der Waals surface area contributed by atoms with Gasteiger partial charge in [0.15, 0.2) is 0 Å². The van der Waals surface area contributed by atoms with E-state index in [2.05, 4.69) is 13.8 Å². The van der Waals surface area contributed by atoms with Gasteiger partial charge in [-0.1, -0.05) is 25.4 Å². The molecule has 1 rings (SSSR count). The Morgan fingerprint density at radius 3 is 2.46 bits per heavy atom. The summed E-state index contributed by atoms with van der Waals surface area (Å²) < 4.78 is 13.3. The summed E-state index contributed by atoms with van der Waals surface area (Å²) in [5.41, 5.74) is 0.748. The van der Waals surface area contributed by atoms with Gasteiger partial charge in [0.05, 0.1) is 0 Å². The largest absolute Gasteiger partial charge is 0.207 e. The van der Waals surface area contributed by atoms with Gasteiger partial charge in [0.25, 0.3) is 0 Å². The van der Waals surface area contributed by atoms with E-state index in [1.807, 2.05) is 0 Å². The van der Waals surface area contributed by atoms with Crippen LogP contribution in [0.25, 0.3) is 0 Å². The van der Waals surface area contributed by atoms with Crippen molar-refractivity contribution >= 4 is 11.6 Å². The summed E-state index contributed by atoms with van der Waals surface area (Å²) in [5, 5.41) is 0.614. The zero-order valence-corrected chi connectivity index (χ0v) is 8.74. The van der Waals surface area contributed by atoms with Crippen LogP contribution in [0.4, 0.5) is 4.39 Å². The highest BCUT2D eigenvalue weighted by Gasteiger charge is 2.11. The highest BCUT2D eigenvalue weighted by atomic mass is 35.5. The Kier molecular flexibility index (Phi) is 3.73. The van der Waals surface area contributed by atoms with Crippen LogP contribution in [0, 0.1) is 5.82 Å². The Labute approximate surface area is 83.7 Å². The van der Waals surface area contributed by atoms with Crippen LogP contribution >= 0.6 is 11.6 Å². The van der Waals surface area contributed by atoms with Crippen molar-refractivity contribution in [3.05, 3.63) is 34.6 Å². The van der Waals surface area contributed by atoms with Gasteiger partial charge in [-0.2, -0.15) is 0 Å². The van der Waals surface area contributed by atoms with E-state index < -0.39 is 0 Å². The van der Waals surface area contributed by atoms with Gasteiger partial charge in [-0.25, -0.2) is 4.39 Å². The number of halogens is 2. The molecule has 2 heteroatoms. The van der Waals surface area contributed by atoms with Crippen molar-refractivity contribution in [1.29, 1.82) is 0 Å². The lowest BCUT2D eigenvalue weighted by molar-refractivity contribution is 0.558. The molecule has 0 atom stereocenters. The van der Waals surface area contributed by atoms with Crippen LogP contribution in [-0.4, -0.2) is 0 Å². The maximum Gasteiger partial charge on any atom is 0.126 e. The van der Waals surface area contributed by atoms with Crippen LogP contribution in [0.2, 0.25) is 5.02 Å². The number of rotatable bonds is 3. The van der Waals surface area contributed by atoms with E-state index in [-0.39, 0.29) is 5.82 Å². The standard InChI is InChI=1S/C11H14ClF/c1-3-8(4-2)10-7-9(12)5-6-11(10)13/h5-8H,3-4H2,1-2H3. The highest BCUT2D eigenvalue weighted by molar-refractivity contribution is 6.30. The first-order valence-electron chi connectivity index (χ1n) is 4.64. The molecule has 1 aromatic rings. The van der Waals surface area contributed by atoms with E-state index in [1.165, 1.54) is 6.07 Å². The summed E-state index contributed by atoms with van der Waals surface area (Å²) in [6.45, 7) is 4.13. The molecule has 0 saturated carbocycles. The van der Waals surface area contributed by atoms with Crippen molar-refractivity contribution in [1.82, 2.24) is 0 Å². The fourth-order valence-corrected chi connectivity index (χ4v) is 1.74. The summed E-state index contributed by atoms with van der Waals surface area (Å²) in [7, 11) is 0. The molecule has 0 nitrogen and oxygen atoms in total. The van der Waals surface area contributed by atoms with Crippen LogP contribution in [0.3, 0.4) is 0 Å². The molecule has 0 aliphatic rings. The molecule has 0 bridgehead atoms. The fourth-order valence-electron chi connectivity index (χ4n) is 1.56. The molecule has 1 aromatic carbocycles. The van der Waals surface area contributed by atoms with E-state index in [4.69, 9.17) is 11.6 Å². The molecule has 0 radical (unpaired) electrons. The Morgan fingerprint density at radius 2 is 1.92 bits per heavy atom. The van der Waals surface area contributed by atoms with Crippen LogP contribution in [0.15, 0.2) is 18.2 Å².